The topological polar surface area (TPSA) is 42.7 Å². The lowest BCUT2D eigenvalue weighted by atomic mass is 10.2. The van der Waals surface area contributed by atoms with Crippen LogP contribution in [-0.4, -0.2) is 21.5 Å². The van der Waals surface area contributed by atoms with E-state index in [1.54, 1.807) is 23.7 Å². The number of nitrogens with zero attached hydrogens (tertiary/aromatic N) is 3. The number of benzene rings is 1. The summed E-state index contributed by atoms with van der Waals surface area (Å²) in [5.74, 6) is -0.207. The number of halogens is 1. The molecule has 2 aromatic rings. The first kappa shape index (κ1) is 11.7. The normalized spacial score (nSPS) is 10.8. The van der Waals surface area contributed by atoms with Crippen LogP contribution in [0.5, 0.6) is 0 Å². The van der Waals surface area contributed by atoms with Crippen LogP contribution in [0.3, 0.4) is 0 Å². The van der Waals surface area contributed by atoms with Gasteiger partial charge in [-0.1, -0.05) is 12.1 Å². The van der Waals surface area contributed by atoms with Gasteiger partial charge in [-0.05, 0) is 37.2 Å². The highest BCUT2D eigenvalue weighted by Gasteiger charge is 2.04. The molecule has 4 nitrogen and oxygen atoms in total. The van der Waals surface area contributed by atoms with E-state index in [1.165, 1.54) is 6.07 Å². The summed E-state index contributed by atoms with van der Waals surface area (Å²) in [7, 11) is 0. The lowest BCUT2D eigenvalue weighted by Gasteiger charge is -2.02. The van der Waals surface area contributed by atoms with Crippen molar-refractivity contribution in [2.45, 2.75) is 20.4 Å². The number of hydrogen-bond acceptors (Lipinski definition) is 3. The third-order valence-electron chi connectivity index (χ3n) is 2.50. The maximum atomic E-state index is 13.1. The van der Waals surface area contributed by atoms with Gasteiger partial charge in [-0.3, -0.25) is 0 Å². The van der Waals surface area contributed by atoms with Crippen LogP contribution in [0.4, 0.5) is 4.39 Å². The van der Waals surface area contributed by atoms with Crippen LogP contribution >= 0.6 is 0 Å². The van der Waals surface area contributed by atoms with Gasteiger partial charge >= 0.3 is 0 Å². The Hall–Kier alpha value is -1.75. The highest BCUT2D eigenvalue weighted by atomic mass is 19.1. The summed E-state index contributed by atoms with van der Waals surface area (Å²) >= 11 is 0. The monoisotopic (exact) mass is 234 g/mol. The summed E-state index contributed by atoms with van der Waals surface area (Å²) < 4.78 is 14.8. The van der Waals surface area contributed by atoms with Crippen molar-refractivity contribution in [1.29, 1.82) is 0 Å². The number of aromatic nitrogens is 3. The first-order chi connectivity index (χ1) is 8.20. The van der Waals surface area contributed by atoms with Crippen LogP contribution in [-0.2, 0) is 6.54 Å². The zero-order valence-corrected chi connectivity index (χ0v) is 9.94. The molecule has 1 aromatic heterocycles. The van der Waals surface area contributed by atoms with E-state index < -0.39 is 0 Å². The van der Waals surface area contributed by atoms with Crippen molar-refractivity contribution in [1.82, 2.24) is 20.3 Å². The van der Waals surface area contributed by atoms with Gasteiger partial charge in [-0.2, -0.15) is 0 Å². The van der Waals surface area contributed by atoms with E-state index in [1.807, 2.05) is 13.1 Å². The molecule has 0 fully saturated rings. The Kier molecular flexibility index (Phi) is 3.49. The minimum Gasteiger partial charge on any atom is -0.311 e. The van der Waals surface area contributed by atoms with Crippen LogP contribution in [0.25, 0.3) is 5.69 Å². The smallest absolute Gasteiger partial charge is 0.126 e. The molecular weight excluding hydrogens is 219 g/mol. The highest BCUT2D eigenvalue weighted by molar-refractivity contribution is 5.35. The number of rotatable bonds is 4. The molecule has 0 spiro atoms. The number of hydrogen-bond donors (Lipinski definition) is 1. The van der Waals surface area contributed by atoms with Crippen LogP contribution < -0.4 is 5.32 Å². The minimum absolute atomic E-state index is 0.207. The van der Waals surface area contributed by atoms with Crippen molar-refractivity contribution in [2.24, 2.45) is 0 Å². The van der Waals surface area contributed by atoms with Crippen LogP contribution in [0.1, 0.15) is 18.2 Å². The second kappa shape index (κ2) is 5.05. The summed E-state index contributed by atoms with van der Waals surface area (Å²) in [6, 6.07) is 4.88. The first-order valence-corrected chi connectivity index (χ1v) is 5.59. The molecule has 17 heavy (non-hydrogen) atoms. The Bertz CT molecular complexity index is 507. The van der Waals surface area contributed by atoms with Gasteiger partial charge in [0, 0.05) is 6.54 Å². The standard InChI is InChI=1S/C12H15FN4/c1-3-14-7-10-8-17(16-15-10)11-4-5-12(13)9(2)6-11/h4-6,8,14H,3,7H2,1-2H3. The molecule has 0 aliphatic carbocycles. The second-order valence-electron chi connectivity index (χ2n) is 3.87. The van der Waals surface area contributed by atoms with Crippen molar-refractivity contribution in [3.63, 3.8) is 0 Å². The van der Waals surface area contributed by atoms with Gasteiger partial charge in [-0.15, -0.1) is 5.10 Å². The molecule has 0 unspecified atom stereocenters. The minimum atomic E-state index is -0.207. The first-order valence-electron chi connectivity index (χ1n) is 5.59. The quantitative estimate of drug-likeness (QED) is 0.877. The van der Waals surface area contributed by atoms with E-state index in [9.17, 15) is 4.39 Å². The van der Waals surface area contributed by atoms with Gasteiger partial charge in [0.2, 0.25) is 0 Å². The largest absolute Gasteiger partial charge is 0.311 e. The van der Waals surface area contributed by atoms with Crippen LogP contribution in [0.2, 0.25) is 0 Å². The molecule has 0 atom stereocenters. The van der Waals surface area contributed by atoms with Gasteiger partial charge in [0.1, 0.15) is 5.82 Å². The molecule has 1 aromatic carbocycles. The van der Waals surface area contributed by atoms with E-state index >= 15 is 0 Å². The van der Waals surface area contributed by atoms with E-state index in [2.05, 4.69) is 15.6 Å². The molecule has 0 saturated heterocycles. The third kappa shape index (κ3) is 2.68. The average molecular weight is 234 g/mol. The maximum Gasteiger partial charge on any atom is 0.126 e. The van der Waals surface area contributed by atoms with Crippen molar-refractivity contribution in [2.75, 3.05) is 6.54 Å². The Labute approximate surface area is 99.5 Å². The van der Waals surface area contributed by atoms with Gasteiger partial charge in [0.15, 0.2) is 0 Å². The number of nitrogens with one attached hydrogen (secondary N) is 1. The lowest BCUT2D eigenvalue weighted by Crippen LogP contribution is -2.11. The Balaban J connectivity index is 2.21. The third-order valence-corrected chi connectivity index (χ3v) is 2.50. The summed E-state index contributed by atoms with van der Waals surface area (Å²) in [5, 5.41) is 11.2. The molecule has 1 N–H and O–H groups in total. The fraction of sp³-hybridized carbons (Fsp3) is 0.333. The van der Waals surface area contributed by atoms with E-state index in [4.69, 9.17) is 0 Å². The molecule has 0 aliphatic heterocycles. The van der Waals surface area contributed by atoms with E-state index in [-0.39, 0.29) is 5.82 Å². The molecule has 5 heteroatoms. The molecule has 0 aliphatic rings. The molecule has 0 saturated carbocycles. The fourth-order valence-electron chi connectivity index (χ4n) is 1.53. The maximum absolute atomic E-state index is 13.1. The SMILES string of the molecule is CCNCc1cn(-c2ccc(F)c(C)c2)nn1. The summed E-state index contributed by atoms with van der Waals surface area (Å²) in [6.07, 6.45) is 1.84. The molecule has 0 radical (unpaired) electrons. The molecular formula is C12H15FN4. The van der Waals surface area contributed by atoms with Gasteiger partial charge in [-0.25, -0.2) is 9.07 Å². The van der Waals surface area contributed by atoms with Crippen LogP contribution in [0, 0.1) is 12.7 Å². The lowest BCUT2D eigenvalue weighted by molar-refractivity contribution is 0.617. The van der Waals surface area contributed by atoms with Gasteiger partial charge in [0.25, 0.3) is 0 Å². The van der Waals surface area contributed by atoms with Crippen molar-refractivity contribution < 1.29 is 4.39 Å². The summed E-state index contributed by atoms with van der Waals surface area (Å²) in [6.45, 7) is 5.35. The average Bonchev–Trinajstić information content (AvgIpc) is 2.79. The fourth-order valence-corrected chi connectivity index (χ4v) is 1.53. The molecule has 2 rings (SSSR count). The second-order valence-corrected chi connectivity index (χ2v) is 3.87. The predicted octanol–water partition coefficient (Wildman–Crippen LogP) is 1.82. The predicted molar refractivity (Wildman–Crippen MR) is 63.4 cm³/mol. The molecule has 0 amide bonds. The zero-order chi connectivity index (χ0) is 12.3. The van der Waals surface area contributed by atoms with Gasteiger partial charge in [0.05, 0.1) is 17.6 Å². The van der Waals surface area contributed by atoms with E-state index in [0.717, 1.165) is 17.9 Å². The summed E-state index contributed by atoms with van der Waals surface area (Å²) in [4.78, 5) is 0. The summed E-state index contributed by atoms with van der Waals surface area (Å²) in [5.41, 5.74) is 2.29. The highest BCUT2D eigenvalue weighted by Crippen LogP contribution is 2.12. The Morgan fingerprint density at radius 2 is 2.24 bits per heavy atom. The van der Waals surface area contributed by atoms with E-state index in [0.29, 0.717) is 12.1 Å². The van der Waals surface area contributed by atoms with Crippen molar-refractivity contribution >= 4 is 0 Å². The Morgan fingerprint density at radius 1 is 1.41 bits per heavy atom. The van der Waals surface area contributed by atoms with Gasteiger partial charge < -0.3 is 5.32 Å². The molecule has 0 bridgehead atoms. The molecule has 1 heterocycles. The zero-order valence-electron chi connectivity index (χ0n) is 9.94. The number of aryl methyl sites for hydroxylation is 1. The Morgan fingerprint density at radius 3 is 2.94 bits per heavy atom. The van der Waals surface area contributed by atoms with Crippen molar-refractivity contribution in [3.8, 4) is 5.69 Å². The molecule has 90 valence electrons. The van der Waals surface area contributed by atoms with Crippen LogP contribution in [0.15, 0.2) is 24.4 Å². The van der Waals surface area contributed by atoms with Crippen molar-refractivity contribution in [3.05, 3.63) is 41.5 Å².